The fourth-order valence-corrected chi connectivity index (χ4v) is 3.21. The molecular weight excluding hydrogens is 318 g/mol. The SMILES string of the molecule is O=C(c1cc(C2CC2)no1)N1C[C@@H](O)C[C@@H]1c1cc(F)ccc1F. The Labute approximate surface area is 136 Å². The minimum atomic E-state index is -0.799. The van der Waals surface area contributed by atoms with E-state index < -0.39 is 29.7 Å². The van der Waals surface area contributed by atoms with Crippen LogP contribution in [-0.4, -0.2) is 33.7 Å². The molecule has 2 aliphatic rings. The molecule has 0 spiro atoms. The Hall–Kier alpha value is -2.28. The fourth-order valence-electron chi connectivity index (χ4n) is 3.21. The van der Waals surface area contributed by atoms with E-state index in [1.807, 2.05) is 0 Å². The van der Waals surface area contributed by atoms with Gasteiger partial charge in [-0.05, 0) is 37.5 Å². The zero-order chi connectivity index (χ0) is 16.8. The molecule has 2 fully saturated rings. The lowest BCUT2D eigenvalue weighted by atomic mass is 10.0. The summed E-state index contributed by atoms with van der Waals surface area (Å²) in [7, 11) is 0. The monoisotopic (exact) mass is 334 g/mol. The second kappa shape index (κ2) is 5.66. The van der Waals surface area contributed by atoms with Crippen LogP contribution in [0.25, 0.3) is 0 Å². The Kier molecular flexibility index (Phi) is 3.60. The molecule has 0 radical (unpaired) electrons. The van der Waals surface area contributed by atoms with Crippen LogP contribution in [0.3, 0.4) is 0 Å². The lowest BCUT2D eigenvalue weighted by molar-refractivity contribution is 0.0671. The van der Waals surface area contributed by atoms with Crippen molar-refractivity contribution >= 4 is 5.91 Å². The molecule has 1 aromatic heterocycles. The molecule has 1 aliphatic heterocycles. The molecule has 2 heterocycles. The summed E-state index contributed by atoms with van der Waals surface area (Å²) in [5.74, 6) is -1.26. The number of carbonyl (C=O) groups excluding carboxylic acids is 1. The zero-order valence-corrected chi connectivity index (χ0v) is 12.8. The lowest BCUT2D eigenvalue weighted by Crippen LogP contribution is -2.32. The molecule has 1 saturated heterocycles. The molecule has 126 valence electrons. The minimum absolute atomic E-state index is 0.0406. The van der Waals surface area contributed by atoms with Crippen LogP contribution in [0.4, 0.5) is 8.78 Å². The number of amides is 1. The number of nitrogens with zero attached hydrogens (tertiary/aromatic N) is 2. The predicted octanol–water partition coefficient (Wildman–Crippen LogP) is 2.78. The van der Waals surface area contributed by atoms with Gasteiger partial charge in [0.1, 0.15) is 11.6 Å². The smallest absolute Gasteiger partial charge is 0.293 e. The van der Waals surface area contributed by atoms with Crippen molar-refractivity contribution in [3.63, 3.8) is 0 Å². The van der Waals surface area contributed by atoms with Gasteiger partial charge >= 0.3 is 0 Å². The maximum Gasteiger partial charge on any atom is 0.293 e. The summed E-state index contributed by atoms with van der Waals surface area (Å²) in [5, 5.41) is 13.8. The van der Waals surface area contributed by atoms with Crippen LogP contribution in [0, 0.1) is 11.6 Å². The molecule has 2 aromatic rings. The largest absolute Gasteiger partial charge is 0.391 e. The number of carbonyl (C=O) groups is 1. The molecule has 1 N–H and O–H groups in total. The lowest BCUT2D eigenvalue weighted by Gasteiger charge is -2.23. The van der Waals surface area contributed by atoms with Crippen LogP contribution < -0.4 is 0 Å². The number of hydrogen-bond acceptors (Lipinski definition) is 4. The van der Waals surface area contributed by atoms with E-state index in [9.17, 15) is 18.7 Å². The molecule has 5 nitrogen and oxygen atoms in total. The second-order valence-electron chi connectivity index (χ2n) is 6.42. The van der Waals surface area contributed by atoms with Crippen molar-refractivity contribution in [2.45, 2.75) is 37.3 Å². The van der Waals surface area contributed by atoms with Gasteiger partial charge in [-0.2, -0.15) is 0 Å². The van der Waals surface area contributed by atoms with E-state index in [1.54, 1.807) is 6.07 Å². The summed E-state index contributed by atoms with van der Waals surface area (Å²) in [6.07, 6.45) is 1.40. The van der Waals surface area contributed by atoms with Gasteiger partial charge in [-0.1, -0.05) is 5.16 Å². The van der Waals surface area contributed by atoms with Crippen LogP contribution in [0.15, 0.2) is 28.8 Å². The highest BCUT2D eigenvalue weighted by Crippen LogP contribution is 2.40. The average Bonchev–Trinajstić information content (AvgIpc) is 3.16. The van der Waals surface area contributed by atoms with E-state index in [4.69, 9.17) is 4.52 Å². The number of benzene rings is 1. The quantitative estimate of drug-likeness (QED) is 0.937. The van der Waals surface area contributed by atoms with Crippen LogP contribution >= 0.6 is 0 Å². The Morgan fingerprint density at radius 2 is 2.08 bits per heavy atom. The summed E-state index contributed by atoms with van der Waals surface area (Å²) in [5.41, 5.74) is 0.799. The van der Waals surface area contributed by atoms with Gasteiger partial charge in [0.2, 0.25) is 5.76 Å². The van der Waals surface area contributed by atoms with Gasteiger partial charge in [0.05, 0.1) is 17.8 Å². The molecular formula is C17H16F2N2O3. The highest BCUT2D eigenvalue weighted by atomic mass is 19.1. The van der Waals surface area contributed by atoms with Crippen molar-refractivity contribution < 1.29 is 23.2 Å². The number of rotatable bonds is 3. The van der Waals surface area contributed by atoms with Gasteiger partial charge in [-0.25, -0.2) is 8.78 Å². The summed E-state index contributed by atoms with van der Waals surface area (Å²) >= 11 is 0. The molecule has 1 aliphatic carbocycles. The predicted molar refractivity (Wildman–Crippen MR) is 79.2 cm³/mol. The summed E-state index contributed by atoms with van der Waals surface area (Å²) in [4.78, 5) is 14.0. The molecule has 24 heavy (non-hydrogen) atoms. The van der Waals surface area contributed by atoms with Gasteiger partial charge in [0.15, 0.2) is 0 Å². The van der Waals surface area contributed by atoms with Crippen molar-refractivity contribution in [2.24, 2.45) is 0 Å². The first kappa shape index (κ1) is 15.3. The van der Waals surface area contributed by atoms with Gasteiger partial charge in [-0.3, -0.25) is 4.79 Å². The Bertz CT molecular complexity index is 788. The molecule has 0 unspecified atom stereocenters. The number of aliphatic hydroxyl groups is 1. The third kappa shape index (κ3) is 2.69. The Morgan fingerprint density at radius 3 is 2.83 bits per heavy atom. The number of likely N-dealkylation sites (tertiary alicyclic amines) is 1. The topological polar surface area (TPSA) is 66.6 Å². The minimum Gasteiger partial charge on any atom is -0.391 e. The summed E-state index contributed by atoms with van der Waals surface area (Å²) in [6, 6.07) is 3.97. The number of halogens is 2. The van der Waals surface area contributed by atoms with E-state index in [0.717, 1.165) is 36.7 Å². The van der Waals surface area contributed by atoms with Crippen molar-refractivity contribution in [2.75, 3.05) is 6.54 Å². The van der Waals surface area contributed by atoms with Crippen LogP contribution in [0.1, 0.15) is 53.0 Å². The number of aromatic nitrogens is 1. The molecule has 1 amide bonds. The van der Waals surface area contributed by atoms with E-state index in [2.05, 4.69) is 5.16 Å². The van der Waals surface area contributed by atoms with Crippen molar-refractivity contribution in [1.82, 2.24) is 10.1 Å². The van der Waals surface area contributed by atoms with E-state index in [-0.39, 0.29) is 24.3 Å². The van der Waals surface area contributed by atoms with Crippen LogP contribution in [0.2, 0.25) is 0 Å². The van der Waals surface area contributed by atoms with Crippen LogP contribution in [-0.2, 0) is 0 Å². The molecule has 4 rings (SSSR count). The first-order valence-electron chi connectivity index (χ1n) is 7.93. The highest BCUT2D eigenvalue weighted by Gasteiger charge is 2.39. The molecule has 7 heteroatoms. The van der Waals surface area contributed by atoms with E-state index in [1.165, 1.54) is 4.90 Å². The van der Waals surface area contributed by atoms with Gasteiger partial charge in [-0.15, -0.1) is 0 Å². The second-order valence-corrected chi connectivity index (χ2v) is 6.42. The average molecular weight is 334 g/mol. The van der Waals surface area contributed by atoms with Crippen LogP contribution in [0.5, 0.6) is 0 Å². The summed E-state index contributed by atoms with van der Waals surface area (Å²) < 4.78 is 32.7. The maximum atomic E-state index is 14.1. The van der Waals surface area contributed by atoms with Gasteiger partial charge < -0.3 is 14.5 Å². The van der Waals surface area contributed by atoms with E-state index >= 15 is 0 Å². The molecule has 1 saturated carbocycles. The van der Waals surface area contributed by atoms with Crippen molar-refractivity contribution in [3.05, 3.63) is 52.9 Å². The Balaban J connectivity index is 1.64. The summed E-state index contributed by atoms with van der Waals surface area (Å²) in [6.45, 7) is 0.0406. The maximum absolute atomic E-state index is 14.1. The highest BCUT2D eigenvalue weighted by molar-refractivity contribution is 5.92. The standard InChI is InChI=1S/C17H16F2N2O3/c18-10-3-4-13(19)12(5-10)15-6-11(22)8-21(15)17(23)16-7-14(20-24-16)9-1-2-9/h3-5,7,9,11,15,22H,1-2,6,8H2/t11-,15+/m0/s1. The first-order chi connectivity index (χ1) is 11.5. The molecule has 1 aromatic carbocycles. The number of hydrogen-bond donors (Lipinski definition) is 1. The third-order valence-electron chi connectivity index (χ3n) is 4.59. The first-order valence-corrected chi connectivity index (χ1v) is 7.93. The van der Waals surface area contributed by atoms with E-state index in [0.29, 0.717) is 5.92 Å². The molecule has 2 atom stereocenters. The third-order valence-corrected chi connectivity index (χ3v) is 4.59. The Morgan fingerprint density at radius 1 is 1.29 bits per heavy atom. The zero-order valence-electron chi connectivity index (χ0n) is 12.8. The van der Waals surface area contributed by atoms with Gasteiger partial charge in [0.25, 0.3) is 5.91 Å². The van der Waals surface area contributed by atoms with Gasteiger partial charge in [0, 0.05) is 24.1 Å². The van der Waals surface area contributed by atoms with Crippen molar-refractivity contribution in [3.8, 4) is 0 Å². The fraction of sp³-hybridized carbons (Fsp3) is 0.412. The molecule has 0 bridgehead atoms. The number of β-amino-alcohol motifs (C(OH)–C–C–N with tert-alkyl or cyclic N) is 1. The van der Waals surface area contributed by atoms with Crippen molar-refractivity contribution in [1.29, 1.82) is 0 Å². The normalized spacial score (nSPS) is 23.7. The number of aliphatic hydroxyl groups excluding tert-OH is 1.